The maximum Gasteiger partial charge on any atom is 0.151 e. The fraction of sp³-hybridized carbons (Fsp3) is 0.857. The average molecular weight is 194 g/mol. The highest BCUT2D eigenvalue weighted by Crippen LogP contribution is 2.05. The minimum atomic E-state index is -1.68. The molecule has 0 aromatic carbocycles. The fourth-order valence-corrected chi connectivity index (χ4v) is 0.824. The molecule has 0 radical (unpaired) electrons. The first-order valence-electron chi connectivity index (χ1n) is 3.71. The van der Waals surface area contributed by atoms with Gasteiger partial charge in [0.15, 0.2) is 6.29 Å². The van der Waals surface area contributed by atoms with E-state index in [0.717, 1.165) is 0 Å². The van der Waals surface area contributed by atoms with Gasteiger partial charge in [-0.2, -0.15) is 0 Å². The molecule has 0 rings (SSSR count). The summed E-state index contributed by atoms with van der Waals surface area (Å²) in [7, 11) is 1.23. The van der Waals surface area contributed by atoms with Gasteiger partial charge in [0.25, 0.3) is 0 Å². The van der Waals surface area contributed by atoms with E-state index < -0.39 is 31.0 Å². The number of aldehydes is 1. The van der Waals surface area contributed by atoms with Gasteiger partial charge >= 0.3 is 0 Å². The number of aliphatic hydroxyl groups is 4. The van der Waals surface area contributed by atoms with E-state index in [1.165, 1.54) is 7.11 Å². The number of hydrogen-bond acceptors (Lipinski definition) is 6. The SMILES string of the molecule is CO[C@H](CO)[C@@H](O)[C@H](O)[C@@H](O)C=O. The van der Waals surface area contributed by atoms with Crippen LogP contribution >= 0.6 is 0 Å². The maximum atomic E-state index is 10.0. The molecule has 0 bridgehead atoms. The summed E-state index contributed by atoms with van der Waals surface area (Å²) < 4.78 is 4.59. The molecule has 0 aliphatic carbocycles. The van der Waals surface area contributed by atoms with E-state index in [0.29, 0.717) is 0 Å². The maximum absolute atomic E-state index is 10.0. The van der Waals surface area contributed by atoms with Crippen molar-refractivity contribution in [1.29, 1.82) is 0 Å². The van der Waals surface area contributed by atoms with E-state index in [2.05, 4.69) is 4.74 Å². The van der Waals surface area contributed by atoms with Crippen LogP contribution in [-0.2, 0) is 9.53 Å². The third kappa shape index (κ3) is 3.37. The minimum Gasteiger partial charge on any atom is -0.394 e. The van der Waals surface area contributed by atoms with Gasteiger partial charge in [-0.05, 0) is 0 Å². The Balaban J connectivity index is 4.20. The van der Waals surface area contributed by atoms with Gasteiger partial charge in [-0.25, -0.2) is 0 Å². The molecule has 0 aliphatic rings. The second-order valence-corrected chi connectivity index (χ2v) is 2.56. The molecule has 0 saturated heterocycles. The zero-order valence-corrected chi connectivity index (χ0v) is 7.20. The van der Waals surface area contributed by atoms with Crippen molar-refractivity contribution in [1.82, 2.24) is 0 Å². The molecule has 0 unspecified atom stereocenters. The van der Waals surface area contributed by atoms with E-state index in [1.54, 1.807) is 0 Å². The van der Waals surface area contributed by atoms with Crippen molar-refractivity contribution in [3.05, 3.63) is 0 Å². The highest BCUT2D eigenvalue weighted by molar-refractivity contribution is 5.56. The molecule has 4 atom stereocenters. The predicted octanol–water partition coefficient (Wildman–Crippen LogP) is -2.72. The molecule has 78 valence electrons. The number of ether oxygens (including phenoxy) is 1. The van der Waals surface area contributed by atoms with Gasteiger partial charge in [-0.3, -0.25) is 0 Å². The first-order valence-corrected chi connectivity index (χ1v) is 3.71. The molecular weight excluding hydrogens is 180 g/mol. The molecule has 0 aromatic rings. The Hall–Kier alpha value is -0.530. The van der Waals surface area contributed by atoms with Gasteiger partial charge in [-0.15, -0.1) is 0 Å². The van der Waals surface area contributed by atoms with E-state index in [4.69, 9.17) is 15.3 Å². The average Bonchev–Trinajstić information content (AvgIpc) is 2.17. The third-order valence-electron chi connectivity index (χ3n) is 1.70. The Bertz CT molecular complexity index is 146. The lowest BCUT2D eigenvalue weighted by Crippen LogP contribution is -2.47. The summed E-state index contributed by atoms with van der Waals surface area (Å²) in [5, 5.41) is 35.8. The quantitative estimate of drug-likeness (QED) is 0.342. The molecule has 6 nitrogen and oxygen atoms in total. The van der Waals surface area contributed by atoms with E-state index in [1.807, 2.05) is 0 Å². The lowest BCUT2D eigenvalue weighted by molar-refractivity contribution is -0.140. The first kappa shape index (κ1) is 12.5. The molecule has 0 amide bonds. The van der Waals surface area contributed by atoms with Crippen molar-refractivity contribution in [2.24, 2.45) is 0 Å². The van der Waals surface area contributed by atoms with Crippen LogP contribution < -0.4 is 0 Å². The zero-order chi connectivity index (χ0) is 10.4. The lowest BCUT2D eigenvalue weighted by Gasteiger charge is -2.25. The van der Waals surface area contributed by atoms with Crippen molar-refractivity contribution in [3.8, 4) is 0 Å². The van der Waals surface area contributed by atoms with Crippen molar-refractivity contribution in [3.63, 3.8) is 0 Å². The van der Waals surface area contributed by atoms with Crippen LogP contribution in [0.2, 0.25) is 0 Å². The van der Waals surface area contributed by atoms with Gasteiger partial charge < -0.3 is 30.0 Å². The molecule has 0 aromatic heterocycles. The van der Waals surface area contributed by atoms with Crippen molar-refractivity contribution < 1.29 is 30.0 Å². The second-order valence-electron chi connectivity index (χ2n) is 2.56. The Morgan fingerprint density at radius 2 is 1.85 bits per heavy atom. The standard InChI is InChI=1S/C7H14O6/c1-13-5(3-9)7(12)6(11)4(10)2-8/h2,4-7,9-12H,3H2,1H3/t4-,5+,6+,7+/m0/s1. The first-order chi connectivity index (χ1) is 6.08. The van der Waals surface area contributed by atoms with Crippen LogP contribution in [0.1, 0.15) is 0 Å². The Morgan fingerprint density at radius 3 is 2.15 bits per heavy atom. The Labute approximate surface area is 75.4 Å². The molecule has 0 fully saturated rings. The van der Waals surface area contributed by atoms with Gasteiger partial charge in [0.05, 0.1) is 6.61 Å². The molecular formula is C7H14O6. The molecule has 4 N–H and O–H groups in total. The number of aliphatic hydroxyl groups excluding tert-OH is 4. The normalized spacial score (nSPS) is 20.4. The van der Waals surface area contributed by atoms with Crippen molar-refractivity contribution in [2.75, 3.05) is 13.7 Å². The molecule has 0 heterocycles. The van der Waals surface area contributed by atoms with Crippen molar-refractivity contribution in [2.45, 2.75) is 24.4 Å². The smallest absolute Gasteiger partial charge is 0.151 e. The molecule has 13 heavy (non-hydrogen) atoms. The highest BCUT2D eigenvalue weighted by atomic mass is 16.5. The summed E-state index contributed by atoms with van der Waals surface area (Å²) in [4.78, 5) is 10.0. The highest BCUT2D eigenvalue weighted by Gasteiger charge is 2.30. The van der Waals surface area contributed by atoms with E-state index in [9.17, 15) is 9.90 Å². The summed E-state index contributed by atoms with van der Waals surface area (Å²) >= 11 is 0. The number of carbonyl (C=O) groups is 1. The van der Waals surface area contributed by atoms with Gasteiger partial charge in [0, 0.05) is 7.11 Å². The number of rotatable bonds is 6. The van der Waals surface area contributed by atoms with Gasteiger partial charge in [0.1, 0.15) is 24.4 Å². The Kier molecular flexibility index (Phi) is 5.76. The van der Waals surface area contributed by atoms with Crippen LogP contribution in [0.15, 0.2) is 0 Å². The monoisotopic (exact) mass is 194 g/mol. The fourth-order valence-electron chi connectivity index (χ4n) is 0.824. The van der Waals surface area contributed by atoms with Crippen LogP contribution in [0.4, 0.5) is 0 Å². The molecule has 0 saturated carbocycles. The van der Waals surface area contributed by atoms with E-state index >= 15 is 0 Å². The number of hydrogen-bond donors (Lipinski definition) is 4. The van der Waals surface area contributed by atoms with Crippen molar-refractivity contribution >= 4 is 6.29 Å². The summed E-state index contributed by atoms with van der Waals surface area (Å²) in [6, 6.07) is 0. The number of carbonyl (C=O) groups excluding carboxylic acids is 1. The summed E-state index contributed by atoms with van der Waals surface area (Å²) in [5.41, 5.74) is 0. The minimum absolute atomic E-state index is 0.0952. The van der Waals surface area contributed by atoms with Gasteiger partial charge in [-0.1, -0.05) is 0 Å². The second kappa shape index (κ2) is 6.01. The molecule has 0 spiro atoms. The summed E-state index contributed by atoms with van der Waals surface area (Å²) in [5.74, 6) is 0. The van der Waals surface area contributed by atoms with Crippen LogP contribution in [0.5, 0.6) is 0 Å². The Morgan fingerprint density at radius 1 is 1.31 bits per heavy atom. The molecule has 6 heteroatoms. The topological polar surface area (TPSA) is 107 Å². The van der Waals surface area contributed by atoms with Crippen LogP contribution in [0, 0.1) is 0 Å². The van der Waals surface area contributed by atoms with Crippen LogP contribution in [0.3, 0.4) is 0 Å². The van der Waals surface area contributed by atoms with E-state index in [-0.39, 0.29) is 6.29 Å². The lowest BCUT2D eigenvalue weighted by atomic mass is 10.0. The van der Waals surface area contributed by atoms with Crippen LogP contribution in [-0.4, -0.2) is 64.8 Å². The third-order valence-corrected chi connectivity index (χ3v) is 1.70. The number of methoxy groups -OCH3 is 1. The molecule has 0 aliphatic heterocycles. The summed E-state index contributed by atoms with van der Waals surface area (Å²) in [6.45, 7) is -0.514. The van der Waals surface area contributed by atoms with Crippen LogP contribution in [0.25, 0.3) is 0 Å². The largest absolute Gasteiger partial charge is 0.394 e. The van der Waals surface area contributed by atoms with Gasteiger partial charge in [0.2, 0.25) is 0 Å². The predicted molar refractivity (Wildman–Crippen MR) is 42.0 cm³/mol. The zero-order valence-electron chi connectivity index (χ0n) is 7.20. The summed E-state index contributed by atoms with van der Waals surface area (Å²) in [6.07, 6.45) is -5.77.